The lowest BCUT2D eigenvalue weighted by Crippen LogP contribution is -2.11. The number of nitrogens with two attached hydrogens (primary N) is 1. The highest BCUT2D eigenvalue weighted by atomic mass is 35.5. The number of rotatable bonds is 5. The monoisotopic (exact) mass is 313 g/mol. The molecule has 0 aliphatic rings. The SMILES string of the molecule is [2H]C([2H])([2H])[C@]([2H])(N)c1cc(F)cc(Cl)c1COc1ccc(OC)cc1. The van der Waals surface area contributed by atoms with Crippen LogP contribution in [-0.2, 0) is 6.61 Å². The summed E-state index contributed by atoms with van der Waals surface area (Å²) in [6.45, 7) is -3.05. The van der Waals surface area contributed by atoms with Crippen molar-refractivity contribution in [2.24, 2.45) is 5.73 Å². The van der Waals surface area contributed by atoms with E-state index in [4.69, 9.17) is 32.3 Å². The zero-order valence-corrected chi connectivity index (χ0v) is 12.1. The van der Waals surface area contributed by atoms with Crippen molar-refractivity contribution in [3.63, 3.8) is 0 Å². The standard InChI is InChI=1S/C16H17ClFNO2/c1-10(19)14-7-11(18)8-16(17)15(14)9-21-13-5-3-12(20-2)4-6-13/h3-8,10H,9,19H2,1-2H3/t10-/m0/s1/i1D3,10D. The number of halogens is 2. The molecule has 0 saturated carbocycles. The van der Waals surface area contributed by atoms with Gasteiger partial charge in [0.15, 0.2) is 0 Å². The summed E-state index contributed by atoms with van der Waals surface area (Å²) in [6, 6.07) is 6.06. The molecule has 0 radical (unpaired) electrons. The van der Waals surface area contributed by atoms with Gasteiger partial charge in [0.05, 0.1) is 13.5 Å². The van der Waals surface area contributed by atoms with Crippen LogP contribution in [0, 0.1) is 5.82 Å². The molecule has 5 heteroatoms. The predicted octanol–water partition coefficient (Wildman–Crippen LogP) is 4.09. The summed E-state index contributed by atoms with van der Waals surface area (Å²) < 4.78 is 54.7. The van der Waals surface area contributed by atoms with Crippen LogP contribution < -0.4 is 15.2 Å². The first-order chi connectivity index (χ1) is 11.6. The van der Waals surface area contributed by atoms with E-state index in [1.807, 2.05) is 0 Å². The molecule has 3 nitrogen and oxygen atoms in total. The Labute approximate surface area is 134 Å². The smallest absolute Gasteiger partial charge is 0.125 e. The van der Waals surface area contributed by atoms with Gasteiger partial charge < -0.3 is 15.2 Å². The third kappa shape index (κ3) is 3.86. The zero-order chi connectivity index (χ0) is 18.8. The summed E-state index contributed by atoms with van der Waals surface area (Å²) in [5, 5.41) is -0.0603. The van der Waals surface area contributed by atoms with Crippen molar-refractivity contribution in [1.82, 2.24) is 0 Å². The molecule has 0 amide bonds. The first-order valence-corrected chi connectivity index (χ1v) is 6.48. The Balaban J connectivity index is 2.36. The van der Waals surface area contributed by atoms with E-state index in [-0.39, 0.29) is 22.8 Å². The van der Waals surface area contributed by atoms with Gasteiger partial charge in [-0.15, -0.1) is 0 Å². The highest BCUT2D eigenvalue weighted by Crippen LogP contribution is 2.27. The van der Waals surface area contributed by atoms with E-state index in [1.165, 1.54) is 7.11 Å². The van der Waals surface area contributed by atoms with E-state index in [0.29, 0.717) is 11.5 Å². The Kier molecular flexibility index (Phi) is 3.51. The van der Waals surface area contributed by atoms with Crippen molar-refractivity contribution in [2.75, 3.05) is 7.11 Å². The van der Waals surface area contributed by atoms with Gasteiger partial charge in [-0.25, -0.2) is 4.39 Å². The fourth-order valence-corrected chi connectivity index (χ4v) is 2.08. The lowest BCUT2D eigenvalue weighted by atomic mass is 10.0. The van der Waals surface area contributed by atoms with Gasteiger partial charge in [-0.2, -0.15) is 0 Å². The number of methoxy groups -OCH3 is 1. The second-order valence-electron chi connectivity index (χ2n) is 4.29. The third-order valence-electron chi connectivity index (χ3n) is 2.89. The average Bonchev–Trinajstić information content (AvgIpc) is 2.52. The molecule has 2 aromatic rings. The Bertz CT molecular complexity index is 751. The Morgan fingerprint density at radius 3 is 2.62 bits per heavy atom. The van der Waals surface area contributed by atoms with Gasteiger partial charge in [-0.05, 0) is 48.8 Å². The van der Waals surface area contributed by atoms with Crippen LogP contribution in [0.2, 0.25) is 5.02 Å². The second kappa shape index (κ2) is 6.78. The Morgan fingerprint density at radius 2 is 2.00 bits per heavy atom. The number of benzene rings is 2. The first kappa shape index (κ1) is 10.9. The molecule has 0 heterocycles. The quantitative estimate of drug-likeness (QED) is 0.904. The van der Waals surface area contributed by atoms with Crippen molar-refractivity contribution in [3.05, 3.63) is 58.4 Å². The van der Waals surface area contributed by atoms with Crippen molar-refractivity contribution >= 4 is 11.6 Å². The van der Waals surface area contributed by atoms with Crippen molar-refractivity contribution < 1.29 is 19.3 Å². The molecule has 0 aromatic heterocycles. The maximum atomic E-state index is 13.7. The van der Waals surface area contributed by atoms with Crippen LogP contribution in [0.3, 0.4) is 0 Å². The molecule has 0 aliphatic carbocycles. The van der Waals surface area contributed by atoms with Gasteiger partial charge in [-0.1, -0.05) is 11.6 Å². The first-order valence-electron chi connectivity index (χ1n) is 8.10. The highest BCUT2D eigenvalue weighted by Gasteiger charge is 2.13. The minimum absolute atomic E-state index is 0.0603. The van der Waals surface area contributed by atoms with E-state index < -0.39 is 18.7 Å². The van der Waals surface area contributed by atoms with Gasteiger partial charge in [-0.3, -0.25) is 0 Å². The molecule has 0 fully saturated rings. The van der Waals surface area contributed by atoms with Crippen LogP contribution in [0.4, 0.5) is 4.39 Å². The minimum Gasteiger partial charge on any atom is -0.497 e. The molecule has 0 aliphatic heterocycles. The summed E-state index contributed by atoms with van der Waals surface area (Å²) in [5.74, 6) is 0.329. The van der Waals surface area contributed by atoms with Crippen LogP contribution in [-0.4, -0.2) is 7.11 Å². The van der Waals surface area contributed by atoms with Crippen molar-refractivity contribution in [3.8, 4) is 11.5 Å². The van der Waals surface area contributed by atoms with E-state index in [1.54, 1.807) is 24.3 Å². The molecule has 21 heavy (non-hydrogen) atoms. The molecule has 0 saturated heterocycles. The van der Waals surface area contributed by atoms with E-state index >= 15 is 0 Å². The number of hydrogen-bond acceptors (Lipinski definition) is 3. The molecule has 2 rings (SSSR count). The Morgan fingerprint density at radius 1 is 1.33 bits per heavy atom. The molecular weight excluding hydrogens is 293 g/mol. The van der Waals surface area contributed by atoms with Gasteiger partial charge in [0, 0.05) is 15.7 Å². The van der Waals surface area contributed by atoms with Crippen molar-refractivity contribution in [2.45, 2.75) is 19.5 Å². The highest BCUT2D eigenvalue weighted by molar-refractivity contribution is 6.31. The number of ether oxygens (including phenoxy) is 2. The molecule has 2 N–H and O–H groups in total. The maximum absolute atomic E-state index is 13.7. The van der Waals surface area contributed by atoms with Gasteiger partial charge >= 0.3 is 0 Å². The summed E-state index contributed by atoms with van der Waals surface area (Å²) in [7, 11) is 1.53. The predicted molar refractivity (Wildman–Crippen MR) is 81.3 cm³/mol. The van der Waals surface area contributed by atoms with Gasteiger partial charge in [0.25, 0.3) is 0 Å². The molecule has 0 unspecified atom stereocenters. The molecule has 112 valence electrons. The molecular formula is C16H17ClFNO2. The summed E-state index contributed by atoms with van der Waals surface area (Å²) in [6.07, 6.45) is 0. The van der Waals surface area contributed by atoms with Gasteiger partial charge in [0.1, 0.15) is 23.9 Å². The summed E-state index contributed by atoms with van der Waals surface area (Å²) in [4.78, 5) is 0. The van der Waals surface area contributed by atoms with E-state index in [0.717, 1.165) is 12.1 Å². The lowest BCUT2D eigenvalue weighted by molar-refractivity contribution is 0.303. The van der Waals surface area contributed by atoms with E-state index in [9.17, 15) is 4.39 Å². The van der Waals surface area contributed by atoms with Crippen LogP contribution in [0.15, 0.2) is 36.4 Å². The summed E-state index contributed by atoms with van der Waals surface area (Å²) >= 11 is 6.04. The van der Waals surface area contributed by atoms with Crippen LogP contribution in [0.5, 0.6) is 11.5 Å². The fourth-order valence-electron chi connectivity index (χ4n) is 1.82. The topological polar surface area (TPSA) is 44.5 Å². The van der Waals surface area contributed by atoms with E-state index in [2.05, 4.69) is 0 Å². The van der Waals surface area contributed by atoms with Crippen LogP contribution in [0.1, 0.15) is 29.5 Å². The lowest BCUT2D eigenvalue weighted by Gasteiger charge is -2.15. The molecule has 0 bridgehead atoms. The summed E-state index contributed by atoms with van der Waals surface area (Å²) in [5.41, 5.74) is 5.57. The largest absolute Gasteiger partial charge is 0.497 e. The van der Waals surface area contributed by atoms with Crippen LogP contribution >= 0.6 is 11.6 Å². The minimum atomic E-state index is -2.88. The second-order valence-corrected chi connectivity index (χ2v) is 4.70. The Hall–Kier alpha value is -1.78. The van der Waals surface area contributed by atoms with Gasteiger partial charge in [0.2, 0.25) is 0 Å². The molecule has 1 atom stereocenters. The maximum Gasteiger partial charge on any atom is 0.125 e. The number of hydrogen-bond donors (Lipinski definition) is 1. The normalized spacial score (nSPS) is 17.0. The van der Waals surface area contributed by atoms with Crippen LogP contribution in [0.25, 0.3) is 0 Å². The molecule has 2 aromatic carbocycles. The molecule has 0 spiro atoms. The average molecular weight is 314 g/mol. The zero-order valence-electron chi connectivity index (χ0n) is 15.3. The third-order valence-corrected chi connectivity index (χ3v) is 3.23. The fraction of sp³-hybridized carbons (Fsp3) is 0.250. The van der Waals surface area contributed by atoms with Crippen molar-refractivity contribution in [1.29, 1.82) is 0 Å².